The molecule has 8 heteroatoms. The quantitative estimate of drug-likeness (QED) is 0.547. The number of anilines is 1. The minimum absolute atomic E-state index is 0.143. The third-order valence-corrected chi connectivity index (χ3v) is 5.07. The number of carbonyl (C=O) groups excluding carboxylic acids is 1. The Labute approximate surface area is 155 Å². The standard InChI is InChI=1S/C15H10BrCl2N3OS/c16-8-1-4-12-13(5-8)21-15(20-12)23-7-14(22)19-9-2-3-10(17)11(18)6-9/h1-6H,7H2,(H,19,22)(H,20,21). The largest absolute Gasteiger partial charge is 0.333 e. The van der Waals surface area contributed by atoms with E-state index in [9.17, 15) is 4.79 Å². The third kappa shape index (κ3) is 4.20. The fraction of sp³-hybridized carbons (Fsp3) is 0.0667. The second kappa shape index (κ2) is 7.13. The summed E-state index contributed by atoms with van der Waals surface area (Å²) in [5.41, 5.74) is 2.39. The molecule has 0 spiro atoms. The van der Waals surface area contributed by atoms with Gasteiger partial charge in [-0.1, -0.05) is 50.9 Å². The van der Waals surface area contributed by atoms with Crippen molar-refractivity contribution in [1.29, 1.82) is 0 Å². The summed E-state index contributed by atoms with van der Waals surface area (Å²) in [6.07, 6.45) is 0. The molecule has 3 aromatic rings. The molecule has 1 heterocycles. The fourth-order valence-corrected chi connectivity index (χ4v) is 3.28. The number of rotatable bonds is 4. The van der Waals surface area contributed by atoms with E-state index in [0.717, 1.165) is 15.5 Å². The molecular weight excluding hydrogens is 421 g/mol. The maximum atomic E-state index is 12.0. The van der Waals surface area contributed by atoms with E-state index in [-0.39, 0.29) is 11.7 Å². The number of benzene rings is 2. The van der Waals surface area contributed by atoms with Crippen LogP contribution in [0.5, 0.6) is 0 Å². The van der Waals surface area contributed by atoms with Gasteiger partial charge in [-0.3, -0.25) is 4.79 Å². The first-order valence-corrected chi connectivity index (χ1v) is 9.08. The number of fused-ring (bicyclic) bond motifs is 1. The van der Waals surface area contributed by atoms with Crippen molar-refractivity contribution in [3.63, 3.8) is 0 Å². The predicted octanol–water partition coefficient (Wildman–Crippen LogP) is 5.36. The Balaban J connectivity index is 1.62. The molecule has 3 rings (SSSR count). The lowest BCUT2D eigenvalue weighted by Gasteiger charge is -2.05. The summed E-state index contributed by atoms with van der Waals surface area (Å²) in [5, 5.41) is 4.32. The third-order valence-electron chi connectivity index (χ3n) is 2.97. The monoisotopic (exact) mass is 429 g/mol. The molecule has 0 atom stereocenters. The topological polar surface area (TPSA) is 57.8 Å². The number of aromatic nitrogens is 2. The van der Waals surface area contributed by atoms with Crippen LogP contribution in [0.4, 0.5) is 5.69 Å². The first-order valence-electron chi connectivity index (χ1n) is 6.54. The number of hydrogen-bond donors (Lipinski definition) is 2. The Morgan fingerprint density at radius 2 is 2.04 bits per heavy atom. The number of halogens is 3. The maximum Gasteiger partial charge on any atom is 0.234 e. The van der Waals surface area contributed by atoms with E-state index in [1.54, 1.807) is 18.2 Å². The molecule has 118 valence electrons. The van der Waals surface area contributed by atoms with Crippen LogP contribution >= 0.6 is 50.9 Å². The number of amides is 1. The van der Waals surface area contributed by atoms with Crippen LogP contribution in [0.25, 0.3) is 11.0 Å². The van der Waals surface area contributed by atoms with E-state index in [1.807, 2.05) is 18.2 Å². The zero-order valence-corrected chi connectivity index (χ0v) is 15.5. The Morgan fingerprint density at radius 3 is 2.83 bits per heavy atom. The zero-order chi connectivity index (χ0) is 16.4. The van der Waals surface area contributed by atoms with Crippen molar-refractivity contribution >= 4 is 73.5 Å². The van der Waals surface area contributed by atoms with Gasteiger partial charge in [0.05, 0.1) is 26.8 Å². The highest BCUT2D eigenvalue weighted by atomic mass is 79.9. The molecule has 0 fully saturated rings. The minimum Gasteiger partial charge on any atom is -0.333 e. The van der Waals surface area contributed by atoms with Gasteiger partial charge in [-0.15, -0.1) is 0 Å². The van der Waals surface area contributed by atoms with Gasteiger partial charge >= 0.3 is 0 Å². The Bertz CT molecular complexity index is 884. The van der Waals surface area contributed by atoms with E-state index in [2.05, 4.69) is 31.2 Å². The molecule has 0 aliphatic heterocycles. The minimum atomic E-state index is -0.143. The molecule has 4 nitrogen and oxygen atoms in total. The summed E-state index contributed by atoms with van der Waals surface area (Å²) in [6.45, 7) is 0. The molecule has 0 radical (unpaired) electrons. The van der Waals surface area contributed by atoms with E-state index in [1.165, 1.54) is 11.8 Å². The van der Waals surface area contributed by atoms with Crippen molar-refractivity contribution in [1.82, 2.24) is 9.97 Å². The fourth-order valence-electron chi connectivity index (χ4n) is 1.93. The molecule has 1 aromatic heterocycles. The van der Waals surface area contributed by atoms with Gasteiger partial charge in [0.15, 0.2) is 5.16 Å². The molecule has 0 saturated heterocycles. The number of H-pyrrole nitrogens is 1. The van der Waals surface area contributed by atoms with Crippen LogP contribution in [0.15, 0.2) is 46.0 Å². The average molecular weight is 431 g/mol. The Kier molecular flexibility index (Phi) is 5.16. The van der Waals surface area contributed by atoms with Gasteiger partial charge in [0.1, 0.15) is 0 Å². The maximum absolute atomic E-state index is 12.0. The lowest BCUT2D eigenvalue weighted by molar-refractivity contribution is -0.113. The second-order valence-electron chi connectivity index (χ2n) is 4.67. The van der Waals surface area contributed by atoms with Gasteiger partial charge in [0, 0.05) is 10.2 Å². The first-order chi connectivity index (χ1) is 11.0. The molecule has 0 bridgehead atoms. The summed E-state index contributed by atoms with van der Waals surface area (Å²) in [5.74, 6) is 0.0938. The number of imidazole rings is 1. The molecule has 1 amide bonds. The molecule has 0 saturated carbocycles. The number of nitrogens with zero attached hydrogens (tertiary/aromatic N) is 1. The number of nitrogens with one attached hydrogen (secondary N) is 2. The van der Waals surface area contributed by atoms with Crippen LogP contribution in [-0.4, -0.2) is 21.6 Å². The summed E-state index contributed by atoms with van der Waals surface area (Å²) >= 11 is 16.5. The van der Waals surface area contributed by atoms with Gasteiger partial charge in [0.25, 0.3) is 0 Å². The lowest BCUT2D eigenvalue weighted by Crippen LogP contribution is -2.14. The molecule has 0 aliphatic rings. The molecular formula is C15H10BrCl2N3OS. The van der Waals surface area contributed by atoms with Crippen molar-refractivity contribution in [2.75, 3.05) is 11.1 Å². The second-order valence-corrected chi connectivity index (χ2v) is 7.36. The van der Waals surface area contributed by atoms with Crippen LogP contribution < -0.4 is 5.32 Å². The SMILES string of the molecule is O=C(CSc1nc2ccc(Br)cc2[nH]1)Nc1ccc(Cl)c(Cl)c1. The van der Waals surface area contributed by atoms with Crippen LogP contribution in [0.3, 0.4) is 0 Å². The van der Waals surface area contributed by atoms with Gasteiger partial charge in [-0.25, -0.2) is 4.98 Å². The van der Waals surface area contributed by atoms with Crippen LogP contribution in [0.2, 0.25) is 10.0 Å². The van der Waals surface area contributed by atoms with Crippen LogP contribution in [0, 0.1) is 0 Å². The summed E-state index contributed by atoms with van der Waals surface area (Å²) in [4.78, 5) is 19.6. The predicted molar refractivity (Wildman–Crippen MR) is 99.6 cm³/mol. The van der Waals surface area contributed by atoms with Gasteiger partial charge < -0.3 is 10.3 Å². The highest BCUT2D eigenvalue weighted by Crippen LogP contribution is 2.26. The zero-order valence-electron chi connectivity index (χ0n) is 11.6. The molecule has 2 aromatic carbocycles. The summed E-state index contributed by atoms with van der Waals surface area (Å²) < 4.78 is 0.975. The number of aromatic amines is 1. The summed E-state index contributed by atoms with van der Waals surface area (Å²) in [7, 11) is 0. The first kappa shape index (κ1) is 16.6. The number of thioether (sulfide) groups is 1. The summed E-state index contributed by atoms with van der Waals surface area (Å²) in [6, 6.07) is 10.7. The number of hydrogen-bond acceptors (Lipinski definition) is 3. The smallest absolute Gasteiger partial charge is 0.234 e. The van der Waals surface area contributed by atoms with E-state index in [4.69, 9.17) is 23.2 Å². The van der Waals surface area contributed by atoms with E-state index >= 15 is 0 Å². The normalized spacial score (nSPS) is 10.9. The molecule has 0 aliphatic carbocycles. The van der Waals surface area contributed by atoms with Gasteiger partial charge in [-0.2, -0.15) is 0 Å². The molecule has 0 unspecified atom stereocenters. The van der Waals surface area contributed by atoms with Crippen molar-refractivity contribution in [3.05, 3.63) is 50.9 Å². The molecule has 23 heavy (non-hydrogen) atoms. The lowest BCUT2D eigenvalue weighted by atomic mass is 10.3. The average Bonchev–Trinajstić information content (AvgIpc) is 2.91. The number of carbonyl (C=O) groups is 1. The van der Waals surface area contributed by atoms with Crippen molar-refractivity contribution in [2.24, 2.45) is 0 Å². The van der Waals surface area contributed by atoms with Crippen LogP contribution in [0.1, 0.15) is 0 Å². The van der Waals surface area contributed by atoms with Crippen molar-refractivity contribution in [3.8, 4) is 0 Å². The highest BCUT2D eigenvalue weighted by Gasteiger charge is 2.08. The van der Waals surface area contributed by atoms with Crippen molar-refractivity contribution < 1.29 is 4.79 Å². The van der Waals surface area contributed by atoms with E-state index < -0.39 is 0 Å². The Hall–Kier alpha value is -1.21. The van der Waals surface area contributed by atoms with Crippen molar-refractivity contribution in [2.45, 2.75) is 5.16 Å². The molecule has 2 N–H and O–H groups in total. The van der Waals surface area contributed by atoms with Gasteiger partial charge in [-0.05, 0) is 36.4 Å². The highest BCUT2D eigenvalue weighted by molar-refractivity contribution is 9.10. The van der Waals surface area contributed by atoms with E-state index in [0.29, 0.717) is 20.9 Å². The van der Waals surface area contributed by atoms with Crippen LogP contribution in [-0.2, 0) is 4.79 Å². The Morgan fingerprint density at radius 1 is 1.22 bits per heavy atom. The van der Waals surface area contributed by atoms with Gasteiger partial charge in [0.2, 0.25) is 5.91 Å².